The zero-order chi connectivity index (χ0) is 29.4. The molecule has 0 radical (unpaired) electrons. The van der Waals surface area contributed by atoms with Gasteiger partial charge in [-0.3, -0.25) is 0 Å². The second-order valence-electron chi connectivity index (χ2n) is 11.5. The molecule has 0 fully saturated rings. The van der Waals surface area contributed by atoms with Crippen molar-refractivity contribution in [2.75, 3.05) is 16.8 Å². The van der Waals surface area contributed by atoms with E-state index in [0.717, 1.165) is 0 Å². The molecule has 2 atom stereocenters. The number of nitrogens with zero attached hydrogens (tertiary/aromatic N) is 3. The van der Waals surface area contributed by atoms with Gasteiger partial charge in [-0.15, -0.1) is 0 Å². The normalized spacial score (nSPS) is 17.1. The first-order valence-electron chi connectivity index (χ1n) is 15.1. The second-order valence-corrected chi connectivity index (χ2v) is 14.0. The molecule has 5 aromatic rings. The third-order valence-corrected chi connectivity index (χ3v) is 11.4. The Bertz CT molecular complexity index is 1790. The van der Waals surface area contributed by atoms with Crippen LogP contribution in [0, 0.1) is 13.8 Å². The zero-order valence-electron chi connectivity index (χ0n) is 25.6. The van der Waals surface area contributed by atoms with Crippen molar-refractivity contribution in [2.45, 2.75) is 51.4 Å². The van der Waals surface area contributed by atoms with E-state index in [1.165, 1.54) is 73.0 Å². The van der Waals surface area contributed by atoms with Crippen molar-refractivity contribution in [3.63, 3.8) is 0 Å². The molecule has 0 bridgehead atoms. The number of hydrogen-bond acceptors (Lipinski definition) is 2. The van der Waals surface area contributed by atoms with Crippen LogP contribution < -0.4 is 14.3 Å². The van der Waals surface area contributed by atoms with Gasteiger partial charge in [-0.1, -0.05) is 26.7 Å². The van der Waals surface area contributed by atoms with Gasteiger partial charge in [-0.05, 0) is 0 Å². The first kappa shape index (κ1) is 28.4. The topological polar surface area (TPSA) is 11.4 Å². The number of rotatable bonds is 4. The number of allylic oxidation sites excluding steroid dienone is 2. The average molecular weight is 619 g/mol. The summed E-state index contributed by atoms with van der Waals surface area (Å²) < 4.78 is 3.88. The van der Waals surface area contributed by atoms with Crippen LogP contribution in [0.15, 0.2) is 103 Å². The van der Waals surface area contributed by atoms with E-state index >= 15 is 0 Å². The molecular formula is C38H41N3Se. The Morgan fingerprint density at radius 1 is 0.714 bits per heavy atom. The van der Waals surface area contributed by atoms with Crippen molar-refractivity contribution < 1.29 is 0 Å². The first-order valence-corrected chi connectivity index (χ1v) is 17.0. The van der Waals surface area contributed by atoms with E-state index in [2.05, 4.69) is 159 Å². The molecule has 214 valence electrons. The van der Waals surface area contributed by atoms with Gasteiger partial charge in [0.25, 0.3) is 0 Å². The molecule has 0 amide bonds. The van der Waals surface area contributed by atoms with E-state index in [9.17, 15) is 0 Å². The summed E-state index contributed by atoms with van der Waals surface area (Å²) in [6, 6.07) is 29.6. The van der Waals surface area contributed by atoms with Crippen molar-refractivity contribution in [3.8, 4) is 0 Å². The summed E-state index contributed by atoms with van der Waals surface area (Å²) in [5.74, 6) is 0. The molecule has 0 N–H and O–H groups in total. The standard InChI is InChI=1S/C34H31N3Se.C4H10/c1-22-12-8-9-15-27(22)37(24-13-6-5-7-14-24)29-19-25-26-20-34-32(21-31(26)36(4)30(25)18-23(29)2)35(3)28-16-10-11-17-33(28)38-34;1-3-4-2/h5-21,28,33H,1-4H3;3-4H2,1-2H3. The van der Waals surface area contributed by atoms with E-state index in [1.807, 2.05) is 0 Å². The molecule has 7 rings (SSSR count). The molecule has 0 saturated carbocycles. The van der Waals surface area contributed by atoms with Gasteiger partial charge in [0, 0.05) is 0 Å². The number of aromatic nitrogens is 1. The molecule has 2 aliphatic rings. The maximum atomic E-state index is 2.49. The minimum absolute atomic E-state index is 0.398. The van der Waals surface area contributed by atoms with Gasteiger partial charge >= 0.3 is 231 Å². The van der Waals surface area contributed by atoms with Gasteiger partial charge in [0.05, 0.1) is 0 Å². The molecule has 4 heteroatoms. The fourth-order valence-corrected chi connectivity index (χ4v) is 9.01. The number of benzene rings is 4. The van der Waals surface area contributed by atoms with E-state index < -0.39 is 0 Å². The molecule has 2 heterocycles. The van der Waals surface area contributed by atoms with E-state index in [0.29, 0.717) is 25.8 Å². The minimum atomic E-state index is 0.398. The fraction of sp³-hybridized carbons (Fsp3) is 0.263. The third kappa shape index (κ3) is 4.97. The van der Waals surface area contributed by atoms with Crippen LogP contribution in [-0.4, -0.2) is 32.6 Å². The van der Waals surface area contributed by atoms with E-state index in [4.69, 9.17) is 0 Å². The molecule has 0 saturated heterocycles. The Hall–Kier alpha value is -3.72. The number of anilines is 4. The average Bonchev–Trinajstić information content (AvgIpc) is 3.27. The number of unbranched alkanes of at least 4 members (excludes halogenated alkanes) is 1. The second kappa shape index (κ2) is 11.9. The summed E-state index contributed by atoms with van der Waals surface area (Å²) in [5.41, 5.74) is 10.1. The van der Waals surface area contributed by atoms with Gasteiger partial charge in [-0.2, -0.15) is 0 Å². The number of aryl methyl sites for hydroxylation is 3. The Labute approximate surface area is 257 Å². The van der Waals surface area contributed by atoms with Crippen LogP contribution in [0.2, 0.25) is 4.82 Å². The van der Waals surface area contributed by atoms with Crippen LogP contribution in [0.25, 0.3) is 21.8 Å². The van der Waals surface area contributed by atoms with Crippen molar-refractivity contribution in [1.29, 1.82) is 0 Å². The number of likely N-dealkylation sites (N-methyl/N-ethyl adjacent to an activating group) is 1. The van der Waals surface area contributed by atoms with Crippen LogP contribution in [-0.2, 0) is 7.05 Å². The van der Waals surface area contributed by atoms with E-state index in [1.54, 1.807) is 0 Å². The zero-order valence-corrected chi connectivity index (χ0v) is 27.3. The van der Waals surface area contributed by atoms with Crippen LogP contribution in [0.3, 0.4) is 0 Å². The molecule has 3 nitrogen and oxygen atoms in total. The van der Waals surface area contributed by atoms with Crippen molar-refractivity contribution in [3.05, 3.63) is 114 Å². The van der Waals surface area contributed by atoms with Gasteiger partial charge in [0.2, 0.25) is 0 Å². The monoisotopic (exact) mass is 619 g/mol. The predicted molar refractivity (Wildman–Crippen MR) is 185 cm³/mol. The van der Waals surface area contributed by atoms with Crippen molar-refractivity contribution in [1.82, 2.24) is 4.57 Å². The summed E-state index contributed by atoms with van der Waals surface area (Å²) in [4.78, 5) is 5.49. The third-order valence-electron chi connectivity index (χ3n) is 8.66. The predicted octanol–water partition coefficient (Wildman–Crippen LogP) is 9.29. The van der Waals surface area contributed by atoms with Crippen LogP contribution >= 0.6 is 0 Å². The van der Waals surface area contributed by atoms with Crippen LogP contribution in [0.1, 0.15) is 37.8 Å². The number of fused-ring (bicyclic) bond motifs is 5. The van der Waals surface area contributed by atoms with Crippen molar-refractivity contribution >= 4 is 64.0 Å². The van der Waals surface area contributed by atoms with Gasteiger partial charge in [-0.25, -0.2) is 0 Å². The Balaban J connectivity index is 0.000000744. The summed E-state index contributed by atoms with van der Waals surface area (Å²) in [5, 5.41) is 2.67. The fourth-order valence-electron chi connectivity index (χ4n) is 6.11. The molecular weight excluding hydrogens is 577 g/mol. The first-order chi connectivity index (χ1) is 20.4. The Morgan fingerprint density at radius 2 is 1.38 bits per heavy atom. The molecule has 2 unspecified atom stereocenters. The number of hydrogen-bond donors (Lipinski definition) is 0. The molecule has 1 aromatic heterocycles. The Morgan fingerprint density at radius 3 is 2.12 bits per heavy atom. The summed E-state index contributed by atoms with van der Waals surface area (Å²) >= 11 is 0.398. The number of para-hydroxylation sites is 2. The molecule has 1 aliphatic carbocycles. The Kier molecular flexibility index (Phi) is 8.03. The van der Waals surface area contributed by atoms with Gasteiger partial charge in [0.1, 0.15) is 0 Å². The summed E-state index contributed by atoms with van der Waals surface area (Å²) in [7, 11) is 4.47. The van der Waals surface area contributed by atoms with E-state index in [-0.39, 0.29) is 0 Å². The van der Waals surface area contributed by atoms with Crippen LogP contribution in [0.5, 0.6) is 0 Å². The quantitative estimate of drug-likeness (QED) is 0.186. The van der Waals surface area contributed by atoms with Crippen LogP contribution in [0.4, 0.5) is 22.7 Å². The molecule has 1 aliphatic heterocycles. The summed E-state index contributed by atoms with van der Waals surface area (Å²) in [6.45, 7) is 8.80. The maximum absolute atomic E-state index is 2.49. The summed E-state index contributed by atoms with van der Waals surface area (Å²) in [6.07, 6.45) is 11.8. The van der Waals surface area contributed by atoms with Crippen molar-refractivity contribution in [2.24, 2.45) is 7.05 Å². The molecule has 42 heavy (non-hydrogen) atoms. The van der Waals surface area contributed by atoms with Gasteiger partial charge in [0.15, 0.2) is 0 Å². The van der Waals surface area contributed by atoms with Gasteiger partial charge < -0.3 is 0 Å². The molecule has 0 spiro atoms. The SMILES string of the molecule is CCCC.Cc1ccccc1N(c1ccccc1)c1cc2c3cc4c(cc3n(C)c2cc1C)N(C)C1C=CC=CC1[Se]4. The molecule has 4 aromatic carbocycles.